The normalized spacial score (nSPS) is 9.63. The molecule has 0 amide bonds. The summed E-state index contributed by atoms with van der Waals surface area (Å²) < 4.78 is 8.57. The number of aliphatic hydroxyl groups is 1. The number of anilines is 1. The van der Waals surface area contributed by atoms with Crippen molar-refractivity contribution in [3.63, 3.8) is 0 Å². The number of thioether (sulfide) groups is 2. The number of rotatable bonds is 10. The third-order valence-corrected chi connectivity index (χ3v) is 18.5. The monoisotopic (exact) mass is 1460 g/mol. The van der Waals surface area contributed by atoms with E-state index in [0.29, 0.717) is 45.2 Å². The zero-order valence-electron chi connectivity index (χ0n) is 40.7. The van der Waals surface area contributed by atoms with E-state index in [1.807, 2.05) is 31.4 Å². The van der Waals surface area contributed by atoms with Gasteiger partial charge in [-0.1, -0.05) is 151 Å². The van der Waals surface area contributed by atoms with Crippen molar-refractivity contribution in [1.29, 1.82) is 0 Å². The Morgan fingerprint density at radius 2 is 1.05 bits per heavy atom. The Labute approximate surface area is 544 Å². The van der Waals surface area contributed by atoms with Gasteiger partial charge in [0.05, 0.1) is 6.42 Å². The molecule has 426 valence electrons. The highest BCUT2D eigenvalue weighted by Gasteiger charge is 2.09. The summed E-state index contributed by atoms with van der Waals surface area (Å²) >= 11 is 62.9. The first-order chi connectivity index (χ1) is 37.7. The van der Waals surface area contributed by atoms with Crippen molar-refractivity contribution in [1.82, 2.24) is 91.8 Å². The maximum Gasteiger partial charge on any atom is 0.226 e. The number of nitrogens with zero attached hydrogens (tertiary/aromatic N) is 8. The highest BCUT2D eigenvalue weighted by atomic mass is 32.2. The number of aromatic nitrogens is 18. The zero-order chi connectivity index (χ0) is 58.5. The minimum absolute atomic E-state index is 0.0200. The van der Waals surface area contributed by atoms with Crippen molar-refractivity contribution in [2.24, 2.45) is 0 Å². The first-order valence-electron chi connectivity index (χ1n) is 20.9. The Bertz CT molecular complexity index is 3750. The lowest BCUT2D eigenvalue weighted by molar-refractivity contribution is -0.116. The molecule has 9 aromatic heterocycles. The molecule has 0 aliphatic heterocycles. The molecule has 22 nitrogen and oxygen atoms in total. The van der Waals surface area contributed by atoms with Gasteiger partial charge >= 0.3 is 0 Å². The van der Waals surface area contributed by atoms with Gasteiger partial charge in [0.25, 0.3) is 0 Å². The van der Waals surface area contributed by atoms with E-state index >= 15 is 0 Å². The number of aromatic amines is 10. The maximum absolute atomic E-state index is 11.7. The summed E-state index contributed by atoms with van der Waals surface area (Å²) in [6.45, 7) is 5.79. The molecule has 0 fully saturated rings. The first kappa shape index (κ1) is 72.4. The average Bonchev–Trinajstić information content (AvgIpc) is 4.27. The van der Waals surface area contributed by atoms with Crippen LogP contribution in [0, 0.1) is 46.5 Å². The van der Waals surface area contributed by atoms with E-state index in [1.54, 1.807) is 40.7 Å². The molecule has 13 N–H and O–H groups in total. The van der Waals surface area contributed by atoms with Crippen LogP contribution in [0.1, 0.15) is 57.1 Å². The van der Waals surface area contributed by atoms with Crippen LogP contribution in [0.5, 0.6) is 0 Å². The van der Waals surface area contributed by atoms with Crippen molar-refractivity contribution < 1.29 is 14.7 Å². The van der Waals surface area contributed by atoms with Crippen LogP contribution >= 0.6 is 248 Å². The lowest BCUT2D eigenvalue weighted by atomic mass is 10.2. The Morgan fingerprint density at radius 1 is 0.570 bits per heavy atom. The van der Waals surface area contributed by atoms with Gasteiger partial charge in [0.15, 0.2) is 48.2 Å². The average molecular weight is 1460 g/mol. The van der Waals surface area contributed by atoms with Gasteiger partial charge < -0.3 is 10.8 Å². The number of hydrogen-bond donors (Lipinski definition) is 12. The predicted octanol–water partition coefficient (Wildman–Crippen LogP) is 15.0. The second-order valence-corrected chi connectivity index (χ2v) is 31.3. The fourth-order valence-corrected chi connectivity index (χ4v) is 13.6. The Morgan fingerprint density at radius 3 is 1.35 bits per heavy atom. The molecule has 0 aliphatic rings. The molecule has 0 unspecified atom stereocenters. The Hall–Kier alpha value is -2.74. The number of nitrogen functional groups attached to an aromatic ring is 1. The van der Waals surface area contributed by atoms with Crippen molar-refractivity contribution in [2.45, 2.75) is 61.6 Å². The molecule has 10 rings (SSSR count). The lowest BCUT2D eigenvalue weighted by Crippen LogP contribution is -1.94. The molecule has 0 radical (unpaired) electrons. The Balaban J connectivity index is 0.000000308. The van der Waals surface area contributed by atoms with E-state index < -0.39 is 0 Å². The molecule has 0 bridgehead atoms. The highest BCUT2D eigenvalue weighted by Crippen LogP contribution is 2.24. The number of H-pyrrole nitrogens is 10. The third kappa shape index (κ3) is 36.5. The number of aliphatic hydroxyl groups excluding tert-OH is 1. The van der Waals surface area contributed by atoms with Gasteiger partial charge in [-0.25, -0.2) is 0 Å². The van der Waals surface area contributed by atoms with Crippen molar-refractivity contribution in [2.75, 3.05) is 18.6 Å². The number of hydrogen-bond acceptors (Lipinski definition) is 33. The number of nitrogens with two attached hydrogens (primary N) is 1. The van der Waals surface area contributed by atoms with E-state index in [1.165, 1.54) is 97.6 Å². The molecule has 0 spiro atoms. The smallest absolute Gasteiger partial charge is 0.226 e. The van der Waals surface area contributed by atoms with Crippen molar-refractivity contribution in [3.8, 4) is 0 Å². The van der Waals surface area contributed by atoms with E-state index in [2.05, 4.69) is 123 Å². The molecular weight excluding hydrogens is 1420 g/mol. The van der Waals surface area contributed by atoms with Crippen LogP contribution in [-0.4, -0.2) is 121 Å². The maximum atomic E-state index is 11.7. The molecule has 0 saturated carbocycles. The topological polar surface area (TPSA) is 341 Å². The molecular formula is C36H43N19O3S21. The van der Waals surface area contributed by atoms with Crippen LogP contribution < -0.4 is 5.73 Å². The molecule has 0 aliphatic carbocycles. The lowest BCUT2D eigenvalue weighted by Gasteiger charge is -1.95. The molecule has 0 atom stereocenters. The predicted molar refractivity (Wildman–Crippen MR) is 354 cm³/mol. The van der Waals surface area contributed by atoms with E-state index in [4.69, 9.17) is 109 Å². The van der Waals surface area contributed by atoms with E-state index in [9.17, 15) is 9.59 Å². The van der Waals surface area contributed by atoms with Crippen LogP contribution in [0.2, 0.25) is 0 Å². The summed E-state index contributed by atoms with van der Waals surface area (Å²) in [7, 11) is 0. The number of nitrogens with one attached hydrogen (secondary N) is 10. The first-order valence-corrected chi connectivity index (χ1v) is 34.5. The van der Waals surface area contributed by atoms with Gasteiger partial charge in [0.1, 0.15) is 31.3 Å². The largest absolute Gasteiger partial charge is 0.396 e. The van der Waals surface area contributed by atoms with Gasteiger partial charge in [0, 0.05) is 25.0 Å². The summed E-state index contributed by atoms with van der Waals surface area (Å²) in [5, 5.41) is 69.8. The van der Waals surface area contributed by atoms with Crippen LogP contribution in [0.25, 0.3) is 0 Å². The highest BCUT2D eigenvalue weighted by molar-refractivity contribution is 8.15. The Kier molecular flexibility index (Phi) is 39.4. The second kappa shape index (κ2) is 43.0. The van der Waals surface area contributed by atoms with Crippen molar-refractivity contribution >= 4 is 264 Å². The zero-order valence-corrected chi connectivity index (χ0v) is 57.8. The molecule has 1 aromatic carbocycles. The van der Waals surface area contributed by atoms with Crippen LogP contribution in [0.15, 0.2) is 44.5 Å². The number of ketones is 1. The fourth-order valence-electron chi connectivity index (χ4n) is 3.97. The second-order valence-electron chi connectivity index (χ2n) is 13.0. The van der Waals surface area contributed by atoms with Crippen LogP contribution in [0.3, 0.4) is 0 Å². The van der Waals surface area contributed by atoms with Gasteiger partial charge in [-0.3, -0.25) is 60.6 Å². The fraction of sp³-hybridized carbons (Fsp3) is 0.278. The molecule has 79 heavy (non-hydrogen) atoms. The minimum Gasteiger partial charge on any atom is -0.396 e. The van der Waals surface area contributed by atoms with Crippen LogP contribution in [-0.2, 0) is 24.1 Å². The van der Waals surface area contributed by atoms with Gasteiger partial charge in [-0.05, 0) is 167 Å². The number of carbonyl (C=O) groups is 2. The summed E-state index contributed by atoms with van der Waals surface area (Å²) in [6.07, 6.45) is 6.11. The number of carbonyl (C=O) groups excluding carboxylic acids is 2. The minimum atomic E-state index is -0.0200. The third-order valence-electron chi connectivity index (χ3n) is 6.88. The molecule has 10 aromatic rings. The summed E-state index contributed by atoms with van der Waals surface area (Å²) in [6, 6.07) is 9.10. The number of Topliss-reactive ketones (excluding diaryl/α,β-unsaturated/α-hetero) is 1. The standard InChI is InChI=1S/C9H6N2OS3.C5H6N2OS2.C5H8N2OS2.C5H8N2S2.C3H4N2S3.C3H4N2S2.C2H3N3S2.C2H2N2S3.C2H2N2S2/c12-7(6-4-2-1-3-5-6)14-9-11-10-8(13)15-9;1-3(8)2-4-6-7-5(9)10-4;8-3-1-2-4-6-7-5(9)10-4;1-2-3-4-6-7-5(8)9-4;1-7-3-5-4-2(6)8-3;1-2-4-5-3(6)7-2;3-1-4-5-2(6)7-1;5-1-3-4-2(6)7-1;5-2-4-3-1-6-2/h1-5H,(H,10,13);2H2,1H3,(H,7,9);8H,1-3H2,(H,7,9);2-3H2,1H3,(H,7,8);1H3,(H,4,6);1H3,(H,5,6);(H2,3,4)(H,5,6);(H,3,5)(H,4,6);1H,(H,4,5). The van der Waals surface area contributed by atoms with Gasteiger partial charge in [-0.15, -0.1) is 5.10 Å². The number of benzene rings is 1. The SMILES string of the molecule is CC(=O)Cc1n[nH]c(=S)s1.CCCc1n[nH]c(=S)s1.CSc1n[nH]c(=S)s1.Cc1n[nH]c(=S)s1.Nc1n[nH]c(=S)s1.O=C(Sc1n[nH]c(=S)s1)c1ccccc1.OCCCc1n[nH]c(=S)s1.S=c1[nH][nH]c(=S)s1.S=c1[nH]ncs1. The molecule has 9 heterocycles. The van der Waals surface area contributed by atoms with E-state index in [-0.39, 0.29) is 17.5 Å². The van der Waals surface area contributed by atoms with Crippen molar-refractivity contribution in [3.05, 3.63) is 101 Å². The van der Waals surface area contributed by atoms with Crippen LogP contribution in [0.4, 0.5) is 5.13 Å². The van der Waals surface area contributed by atoms with Gasteiger partial charge in [0.2, 0.25) is 10.2 Å². The summed E-state index contributed by atoms with van der Waals surface area (Å²) in [5.74, 6) is 0.109. The quantitative estimate of drug-likeness (QED) is 0.0447. The van der Waals surface area contributed by atoms with E-state index in [0.717, 1.165) is 77.6 Å². The molecule has 43 heteroatoms. The number of aryl methyl sites for hydroxylation is 3. The molecule has 0 saturated heterocycles. The summed E-state index contributed by atoms with van der Waals surface area (Å²) in [4.78, 5) is 22.2. The summed E-state index contributed by atoms with van der Waals surface area (Å²) in [5.41, 5.74) is 7.53. The van der Waals surface area contributed by atoms with Gasteiger partial charge in [-0.2, -0.15) is 35.7 Å².